The molecule has 0 heterocycles. The van der Waals surface area contributed by atoms with Gasteiger partial charge in [0.05, 0.1) is 0 Å². The molecule has 1 radical (unpaired) electrons. The first-order valence-corrected chi connectivity index (χ1v) is 5.99. The summed E-state index contributed by atoms with van der Waals surface area (Å²) in [5.74, 6) is -0.511. The summed E-state index contributed by atoms with van der Waals surface area (Å²) in [5.41, 5.74) is 7.71. The number of para-hydroxylation sites is 1. The molecule has 5 heteroatoms. The van der Waals surface area contributed by atoms with E-state index in [1.165, 1.54) is 12.1 Å². The summed E-state index contributed by atoms with van der Waals surface area (Å²) in [6.45, 7) is -0.122. The average molecular weight is 269 g/mol. The van der Waals surface area contributed by atoms with E-state index < -0.39 is 5.91 Å². The van der Waals surface area contributed by atoms with Crippen LogP contribution in [0.2, 0.25) is 0 Å². The maximum atomic E-state index is 11.7. The van der Waals surface area contributed by atoms with E-state index in [1.54, 1.807) is 24.3 Å². The summed E-state index contributed by atoms with van der Waals surface area (Å²) in [4.78, 5) is 22.6. The number of rotatable bonds is 5. The van der Waals surface area contributed by atoms with Crippen molar-refractivity contribution in [3.05, 3.63) is 60.2 Å². The van der Waals surface area contributed by atoms with E-state index in [0.29, 0.717) is 11.4 Å². The number of carbonyl (C=O) groups excluding carboxylic acids is 2. The number of hydrogen-bond acceptors (Lipinski definition) is 3. The number of anilines is 1. The van der Waals surface area contributed by atoms with Crippen molar-refractivity contribution >= 4 is 17.5 Å². The third-order valence-corrected chi connectivity index (χ3v) is 2.52. The highest BCUT2D eigenvalue weighted by atomic mass is 16.5. The van der Waals surface area contributed by atoms with Crippen LogP contribution in [0.3, 0.4) is 0 Å². The van der Waals surface area contributed by atoms with Gasteiger partial charge in [-0.2, -0.15) is 0 Å². The number of benzene rings is 2. The van der Waals surface area contributed by atoms with Crippen molar-refractivity contribution in [3.8, 4) is 5.75 Å². The summed E-state index contributed by atoms with van der Waals surface area (Å²) in [5, 5.41) is 2.61. The summed E-state index contributed by atoms with van der Waals surface area (Å²) < 4.78 is 5.30. The van der Waals surface area contributed by atoms with Crippen molar-refractivity contribution in [2.45, 2.75) is 0 Å². The molecule has 2 rings (SSSR count). The van der Waals surface area contributed by atoms with Crippen molar-refractivity contribution in [2.24, 2.45) is 0 Å². The lowest BCUT2D eigenvalue weighted by Crippen LogP contribution is -2.20. The Morgan fingerprint density at radius 3 is 2.50 bits per heavy atom. The van der Waals surface area contributed by atoms with Crippen LogP contribution >= 0.6 is 0 Å². The minimum absolute atomic E-state index is 0.122. The first-order valence-electron chi connectivity index (χ1n) is 5.99. The molecule has 0 aliphatic heterocycles. The molecule has 2 amide bonds. The molecule has 0 aliphatic carbocycles. The second kappa shape index (κ2) is 6.38. The highest BCUT2D eigenvalue weighted by Crippen LogP contribution is 2.11. The molecule has 20 heavy (non-hydrogen) atoms. The fourth-order valence-electron chi connectivity index (χ4n) is 1.60. The van der Waals surface area contributed by atoms with Crippen LogP contribution < -0.4 is 15.8 Å². The number of carbonyl (C=O) groups is 2. The molecule has 0 spiro atoms. The van der Waals surface area contributed by atoms with Crippen molar-refractivity contribution < 1.29 is 14.3 Å². The van der Waals surface area contributed by atoms with E-state index in [4.69, 9.17) is 10.5 Å². The van der Waals surface area contributed by atoms with E-state index in [9.17, 15) is 9.59 Å². The van der Waals surface area contributed by atoms with Gasteiger partial charge in [-0.25, -0.2) is 0 Å². The Kier molecular flexibility index (Phi) is 4.34. The third kappa shape index (κ3) is 3.84. The molecule has 2 N–H and O–H groups in total. The van der Waals surface area contributed by atoms with Gasteiger partial charge in [-0.05, 0) is 30.3 Å². The van der Waals surface area contributed by atoms with Crippen LogP contribution in [0.5, 0.6) is 5.75 Å². The topological polar surface area (TPSA) is 79.2 Å². The minimum Gasteiger partial charge on any atom is -0.484 e. The van der Waals surface area contributed by atoms with Crippen LogP contribution in [-0.4, -0.2) is 18.4 Å². The Balaban J connectivity index is 1.91. The zero-order valence-corrected chi connectivity index (χ0v) is 10.6. The SMILES string of the molecule is [NH]C(=O)c1cccc(NC(=O)COc2ccccc2)c1. The number of amides is 2. The second-order valence-corrected chi connectivity index (χ2v) is 4.06. The molecule has 0 unspecified atom stereocenters. The molecule has 5 nitrogen and oxygen atoms in total. The highest BCUT2D eigenvalue weighted by molar-refractivity contribution is 5.96. The van der Waals surface area contributed by atoms with Gasteiger partial charge in [0.1, 0.15) is 5.75 Å². The predicted octanol–water partition coefficient (Wildman–Crippen LogP) is 2.13. The number of hydrogen-bond donors (Lipinski definition) is 1. The van der Waals surface area contributed by atoms with E-state index in [2.05, 4.69) is 5.32 Å². The molecule has 0 saturated heterocycles. The van der Waals surface area contributed by atoms with Gasteiger partial charge in [0.2, 0.25) is 0 Å². The number of nitrogens with one attached hydrogen (secondary N) is 2. The summed E-state index contributed by atoms with van der Waals surface area (Å²) >= 11 is 0. The van der Waals surface area contributed by atoms with E-state index in [0.717, 1.165) is 0 Å². The van der Waals surface area contributed by atoms with Crippen LogP contribution in [0.25, 0.3) is 0 Å². The lowest BCUT2D eigenvalue weighted by molar-refractivity contribution is -0.118. The minimum atomic E-state index is -0.790. The monoisotopic (exact) mass is 269 g/mol. The summed E-state index contributed by atoms with van der Waals surface area (Å²) in [6, 6.07) is 15.2. The molecular weight excluding hydrogens is 256 g/mol. The molecular formula is C15H13N2O3. The zero-order chi connectivity index (χ0) is 14.4. The fraction of sp³-hybridized carbons (Fsp3) is 0.0667. The molecule has 2 aromatic carbocycles. The van der Waals surface area contributed by atoms with Gasteiger partial charge < -0.3 is 10.1 Å². The fourth-order valence-corrected chi connectivity index (χ4v) is 1.60. The lowest BCUT2D eigenvalue weighted by atomic mass is 10.2. The summed E-state index contributed by atoms with van der Waals surface area (Å²) in [6.07, 6.45) is 0. The molecule has 0 atom stereocenters. The first kappa shape index (κ1) is 13.6. The van der Waals surface area contributed by atoms with Crippen LogP contribution in [0, 0.1) is 0 Å². The van der Waals surface area contributed by atoms with E-state index >= 15 is 0 Å². The predicted molar refractivity (Wildman–Crippen MR) is 74.4 cm³/mol. The van der Waals surface area contributed by atoms with Crippen molar-refractivity contribution in [3.63, 3.8) is 0 Å². The van der Waals surface area contributed by atoms with Gasteiger partial charge in [0.15, 0.2) is 6.61 Å². The molecule has 101 valence electrons. The molecule has 0 fully saturated rings. The van der Waals surface area contributed by atoms with Gasteiger partial charge in [0, 0.05) is 11.3 Å². The van der Waals surface area contributed by atoms with Gasteiger partial charge in [-0.15, -0.1) is 0 Å². The van der Waals surface area contributed by atoms with Crippen molar-refractivity contribution in [2.75, 3.05) is 11.9 Å². The Hall–Kier alpha value is -2.82. The van der Waals surface area contributed by atoms with Crippen LogP contribution in [0.1, 0.15) is 10.4 Å². The maximum absolute atomic E-state index is 11.7. The van der Waals surface area contributed by atoms with E-state index in [1.807, 2.05) is 18.2 Å². The van der Waals surface area contributed by atoms with Gasteiger partial charge >= 0.3 is 0 Å². The Labute approximate surface area is 116 Å². The van der Waals surface area contributed by atoms with Crippen molar-refractivity contribution in [1.29, 1.82) is 0 Å². The van der Waals surface area contributed by atoms with E-state index in [-0.39, 0.29) is 18.1 Å². The Bertz CT molecular complexity index is 612. The van der Waals surface area contributed by atoms with Crippen LogP contribution in [-0.2, 0) is 4.79 Å². The normalized spacial score (nSPS) is 9.80. The maximum Gasteiger partial charge on any atom is 0.269 e. The third-order valence-electron chi connectivity index (χ3n) is 2.52. The zero-order valence-electron chi connectivity index (χ0n) is 10.6. The highest BCUT2D eigenvalue weighted by Gasteiger charge is 2.06. The number of ether oxygens (including phenoxy) is 1. The lowest BCUT2D eigenvalue weighted by Gasteiger charge is -2.07. The smallest absolute Gasteiger partial charge is 0.269 e. The van der Waals surface area contributed by atoms with Gasteiger partial charge in [0.25, 0.3) is 11.8 Å². The van der Waals surface area contributed by atoms with Gasteiger partial charge in [-0.1, -0.05) is 24.3 Å². The Morgan fingerprint density at radius 1 is 1.05 bits per heavy atom. The quantitative estimate of drug-likeness (QED) is 0.903. The van der Waals surface area contributed by atoms with Crippen molar-refractivity contribution in [1.82, 2.24) is 5.73 Å². The summed E-state index contributed by atoms with van der Waals surface area (Å²) in [7, 11) is 0. The van der Waals surface area contributed by atoms with Crippen LogP contribution in [0.15, 0.2) is 54.6 Å². The average Bonchev–Trinajstić information content (AvgIpc) is 2.46. The second-order valence-electron chi connectivity index (χ2n) is 4.06. The molecule has 0 aromatic heterocycles. The largest absolute Gasteiger partial charge is 0.484 e. The molecule has 2 aromatic rings. The Morgan fingerprint density at radius 2 is 1.80 bits per heavy atom. The first-order chi connectivity index (χ1) is 9.65. The standard InChI is InChI=1S/C15H13N2O3/c16-15(19)11-5-4-6-12(9-11)17-14(18)10-20-13-7-2-1-3-8-13/h1-9,16H,10H2,(H,17,18). The van der Waals surface area contributed by atoms with Gasteiger partial charge in [-0.3, -0.25) is 15.3 Å². The molecule has 0 aliphatic rings. The van der Waals surface area contributed by atoms with Crippen LogP contribution in [0.4, 0.5) is 5.69 Å². The molecule has 0 saturated carbocycles. The molecule has 0 bridgehead atoms.